The highest BCUT2D eigenvalue weighted by Crippen LogP contribution is 2.39. The van der Waals surface area contributed by atoms with Crippen molar-refractivity contribution in [1.82, 2.24) is 4.90 Å². The number of nitrogens with one attached hydrogen (secondary N) is 1. The van der Waals surface area contributed by atoms with E-state index in [0.717, 1.165) is 21.2 Å². The van der Waals surface area contributed by atoms with E-state index in [-0.39, 0.29) is 16.5 Å². The summed E-state index contributed by atoms with van der Waals surface area (Å²) in [4.78, 5) is 38.8. The fourth-order valence-electron chi connectivity index (χ4n) is 4.20. The summed E-state index contributed by atoms with van der Waals surface area (Å²) in [6, 6.07) is 22.4. The van der Waals surface area contributed by atoms with Crippen LogP contribution < -0.4 is 14.8 Å². The van der Waals surface area contributed by atoms with E-state index in [4.69, 9.17) is 21.1 Å². The molecule has 3 amide bonds. The molecule has 4 aromatic carbocycles. The molecule has 1 heterocycles. The lowest BCUT2D eigenvalue weighted by Crippen LogP contribution is -2.36. The largest absolute Gasteiger partial charge is 0.493 e. The first-order chi connectivity index (χ1) is 19.3. The SMILES string of the molecule is COc1cc(/C=C2\SC(=O)N(CC(=O)Nc3ccc(F)cc3)C2=O)cc(Cl)c1OCc1cccc2ccccc12. The maximum Gasteiger partial charge on any atom is 0.294 e. The van der Waals surface area contributed by atoms with Gasteiger partial charge >= 0.3 is 0 Å². The van der Waals surface area contributed by atoms with Crippen LogP contribution >= 0.6 is 23.4 Å². The van der Waals surface area contributed by atoms with Gasteiger partial charge in [0.2, 0.25) is 5.91 Å². The van der Waals surface area contributed by atoms with Crippen LogP contribution in [-0.4, -0.2) is 35.6 Å². The number of benzene rings is 4. The molecule has 202 valence electrons. The predicted molar refractivity (Wildman–Crippen MR) is 154 cm³/mol. The standard InChI is InChI=1S/C30H22ClFN2O5S/c1-38-25-14-18(13-24(31)28(25)39-17-20-7-4-6-19-5-2-3-8-23(19)20)15-26-29(36)34(30(37)40-26)16-27(35)33-22-11-9-21(32)10-12-22/h2-15H,16-17H2,1H3,(H,33,35)/b26-15-. The summed E-state index contributed by atoms with van der Waals surface area (Å²) in [6.07, 6.45) is 1.51. The van der Waals surface area contributed by atoms with Crippen LogP contribution in [0.25, 0.3) is 16.8 Å². The van der Waals surface area contributed by atoms with Crippen molar-refractivity contribution < 1.29 is 28.2 Å². The number of carbonyl (C=O) groups is 3. The number of ether oxygens (including phenoxy) is 2. The molecule has 5 rings (SSSR count). The average Bonchev–Trinajstić information content (AvgIpc) is 3.20. The number of imide groups is 1. The number of nitrogens with zero attached hydrogens (tertiary/aromatic N) is 1. The van der Waals surface area contributed by atoms with Gasteiger partial charge in [-0.3, -0.25) is 19.3 Å². The van der Waals surface area contributed by atoms with Crippen molar-refractivity contribution in [3.05, 3.63) is 106 Å². The third-order valence-corrected chi connectivity index (χ3v) is 7.29. The zero-order chi connectivity index (χ0) is 28.2. The van der Waals surface area contributed by atoms with E-state index in [1.807, 2.05) is 42.5 Å². The number of fused-ring (bicyclic) bond motifs is 1. The molecule has 10 heteroatoms. The second-order valence-electron chi connectivity index (χ2n) is 8.78. The number of halogens is 2. The van der Waals surface area contributed by atoms with Crippen LogP contribution in [-0.2, 0) is 16.2 Å². The monoisotopic (exact) mass is 576 g/mol. The van der Waals surface area contributed by atoms with E-state index < -0.39 is 29.4 Å². The van der Waals surface area contributed by atoms with E-state index in [2.05, 4.69) is 5.32 Å². The van der Waals surface area contributed by atoms with Gasteiger partial charge in [0.05, 0.1) is 17.0 Å². The number of anilines is 1. The molecule has 1 saturated heterocycles. The fourth-order valence-corrected chi connectivity index (χ4v) is 5.31. The zero-order valence-electron chi connectivity index (χ0n) is 21.1. The molecule has 0 aliphatic carbocycles. The zero-order valence-corrected chi connectivity index (χ0v) is 22.7. The number of carbonyl (C=O) groups excluding carboxylic acids is 3. The molecule has 0 spiro atoms. The second-order valence-corrected chi connectivity index (χ2v) is 10.2. The highest BCUT2D eigenvalue weighted by molar-refractivity contribution is 8.18. The lowest BCUT2D eigenvalue weighted by atomic mass is 10.1. The van der Waals surface area contributed by atoms with E-state index in [0.29, 0.717) is 34.5 Å². The van der Waals surface area contributed by atoms with Crippen LogP contribution in [0.2, 0.25) is 5.02 Å². The van der Waals surface area contributed by atoms with Crippen molar-refractivity contribution in [3.8, 4) is 11.5 Å². The van der Waals surface area contributed by atoms with Gasteiger partial charge in [0.25, 0.3) is 11.1 Å². The second kappa shape index (κ2) is 11.8. The van der Waals surface area contributed by atoms with Crippen LogP contribution in [0.4, 0.5) is 14.9 Å². The Balaban J connectivity index is 1.30. The molecule has 4 aromatic rings. The Morgan fingerprint density at radius 1 is 1.05 bits per heavy atom. The lowest BCUT2D eigenvalue weighted by Gasteiger charge is -2.15. The number of rotatable bonds is 8. The van der Waals surface area contributed by atoms with Crippen molar-refractivity contribution in [1.29, 1.82) is 0 Å². The van der Waals surface area contributed by atoms with Gasteiger partial charge in [-0.05, 0) is 76.1 Å². The van der Waals surface area contributed by atoms with Gasteiger partial charge in [-0.2, -0.15) is 0 Å². The minimum absolute atomic E-state index is 0.127. The lowest BCUT2D eigenvalue weighted by molar-refractivity contribution is -0.127. The summed E-state index contributed by atoms with van der Waals surface area (Å²) in [7, 11) is 1.48. The molecule has 40 heavy (non-hydrogen) atoms. The van der Waals surface area contributed by atoms with Gasteiger partial charge in [-0.15, -0.1) is 0 Å². The summed E-state index contributed by atoms with van der Waals surface area (Å²) in [6.45, 7) is -0.222. The maximum atomic E-state index is 13.1. The van der Waals surface area contributed by atoms with E-state index in [1.165, 1.54) is 37.5 Å². The molecule has 0 unspecified atom stereocenters. The van der Waals surface area contributed by atoms with Crippen LogP contribution in [0.1, 0.15) is 11.1 Å². The molecule has 0 aromatic heterocycles. The van der Waals surface area contributed by atoms with Gasteiger partial charge < -0.3 is 14.8 Å². The molecule has 0 radical (unpaired) electrons. The number of amides is 3. The number of hydrogen-bond acceptors (Lipinski definition) is 6. The average molecular weight is 577 g/mol. The Hall–Kier alpha value is -4.34. The van der Waals surface area contributed by atoms with Crippen LogP contribution in [0, 0.1) is 5.82 Å². The summed E-state index contributed by atoms with van der Waals surface area (Å²) in [5, 5.41) is 4.38. The third kappa shape index (κ3) is 5.95. The van der Waals surface area contributed by atoms with Gasteiger partial charge in [0.15, 0.2) is 11.5 Å². The Morgan fingerprint density at radius 3 is 2.58 bits per heavy atom. The maximum absolute atomic E-state index is 13.1. The van der Waals surface area contributed by atoms with Crippen molar-refractivity contribution in [3.63, 3.8) is 0 Å². The molecule has 1 aliphatic heterocycles. The first-order valence-electron chi connectivity index (χ1n) is 12.1. The Morgan fingerprint density at radius 2 is 1.80 bits per heavy atom. The van der Waals surface area contributed by atoms with Crippen LogP contribution in [0.3, 0.4) is 0 Å². The van der Waals surface area contributed by atoms with E-state index >= 15 is 0 Å². The molecule has 0 bridgehead atoms. The van der Waals surface area contributed by atoms with Crippen molar-refractivity contribution in [2.24, 2.45) is 0 Å². The smallest absolute Gasteiger partial charge is 0.294 e. The Kier molecular flexibility index (Phi) is 8.04. The quantitative estimate of drug-likeness (QED) is 0.230. The van der Waals surface area contributed by atoms with Crippen molar-refractivity contribution in [2.45, 2.75) is 6.61 Å². The number of methoxy groups -OCH3 is 1. The predicted octanol–water partition coefficient (Wildman–Crippen LogP) is 6.89. The van der Waals surface area contributed by atoms with Crippen LogP contribution in [0.5, 0.6) is 11.5 Å². The fraction of sp³-hybridized carbons (Fsp3) is 0.100. The molecule has 1 fully saturated rings. The molecular weight excluding hydrogens is 555 g/mol. The van der Waals surface area contributed by atoms with Crippen molar-refractivity contribution in [2.75, 3.05) is 19.0 Å². The first-order valence-corrected chi connectivity index (χ1v) is 13.3. The Labute approximate surface area is 238 Å². The van der Waals surface area contributed by atoms with Gasteiger partial charge in [-0.1, -0.05) is 54.1 Å². The van der Waals surface area contributed by atoms with Crippen LogP contribution in [0.15, 0.2) is 83.8 Å². The normalized spacial score (nSPS) is 14.2. The summed E-state index contributed by atoms with van der Waals surface area (Å²) < 4.78 is 24.7. The van der Waals surface area contributed by atoms with Crippen molar-refractivity contribution >= 4 is 63.0 Å². The molecule has 7 nitrogen and oxygen atoms in total. The number of hydrogen-bond donors (Lipinski definition) is 1. The first kappa shape index (κ1) is 27.2. The Bertz CT molecular complexity index is 1650. The van der Waals surface area contributed by atoms with E-state index in [1.54, 1.807) is 12.1 Å². The third-order valence-electron chi connectivity index (χ3n) is 6.10. The molecular formula is C30H22ClFN2O5S. The summed E-state index contributed by atoms with van der Waals surface area (Å²) in [5.74, 6) is -0.949. The van der Waals surface area contributed by atoms with Gasteiger partial charge in [0, 0.05) is 5.69 Å². The minimum Gasteiger partial charge on any atom is -0.493 e. The molecule has 1 aliphatic rings. The van der Waals surface area contributed by atoms with E-state index in [9.17, 15) is 18.8 Å². The molecule has 0 saturated carbocycles. The minimum atomic E-state index is -0.615. The number of thioether (sulfide) groups is 1. The highest BCUT2D eigenvalue weighted by atomic mass is 35.5. The molecule has 0 atom stereocenters. The molecule has 1 N–H and O–H groups in total. The topological polar surface area (TPSA) is 84.9 Å². The summed E-state index contributed by atoms with van der Waals surface area (Å²) in [5.41, 5.74) is 1.84. The highest BCUT2D eigenvalue weighted by Gasteiger charge is 2.36. The van der Waals surface area contributed by atoms with Gasteiger partial charge in [0.1, 0.15) is 19.0 Å². The summed E-state index contributed by atoms with van der Waals surface area (Å²) >= 11 is 7.27. The van der Waals surface area contributed by atoms with Gasteiger partial charge in [-0.25, -0.2) is 4.39 Å².